The molecule has 1 heterocycles. The van der Waals surface area contributed by atoms with Crippen molar-refractivity contribution in [3.05, 3.63) is 0 Å². The van der Waals surface area contributed by atoms with Crippen molar-refractivity contribution in [1.29, 1.82) is 0 Å². The Hall–Kier alpha value is -0.170. The van der Waals surface area contributed by atoms with Crippen molar-refractivity contribution in [1.82, 2.24) is 14.5 Å². The third-order valence-corrected chi connectivity index (χ3v) is 4.76. The Balaban J connectivity index is 2.63. The zero-order valence-electron chi connectivity index (χ0n) is 11.4. The zero-order chi connectivity index (χ0) is 13.1. The van der Waals surface area contributed by atoms with Crippen LogP contribution in [-0.4, -0.2) is 69.2 Å². The zero-order valence-corrected chi connectivity index (χ0v) is 12.2. The molecule has 102 valence electrons. The molecule has 0 spiro atoms. The number of nitrogens with one attached hydrogen (secondary N) is 1. The van der Waals surface area contributed by atoms with Gasteiger partial charge in [0.05, 0.1) is 5.75 Å². The van der Waals surface area contributed by atoms with Crippen LogP contribution in [0.2, 0.25) is 0 Å². The monoisotopic (exact) mass is 263 g/mol. The molecule has 0 amide bonds. The van der Waals surface area contributed by atoms with Crippen LogP contribution in [0.25, 0.3) is 0 Å². The van der Waals surface area contributed by atoms with E-state index in [4.69, 9.17) is 0 Å². The first-order valence-electron chi connectivity index (χ1n) is 6.10. The van der Waals surface area contributed by atoms with E-state index in [2.05, 4.69) is 10.2 Å². The van der Waals surface area contributed by atoms with Crippen LogP contribution in [0, 0.1) is 0 Å². The van der Waals surface area contributed by atoms with Crippen molar-refractivity contribution in [3.63, 3.8) is 0 Å². The summed E-state index contributed by atoms with van der Waals surface area (Å²) >= 11 is 0. The lowest BCUT2D eigenvalue weighted by molar-refractivity contribution is 0.289. The van der Waals surface area contributed by atoms with Crippen molar-refractivity contribution < 1.29 is 8.42 Å². The van der Waals surface area contributed by atoms with Crippen molar-refractivity contribution in [3.8, 4) is 0 Å². The van der Waals surface area contributed by atoms with Crippen LogP contribution >= 0.6 is 0 Å². The molecule has 0 aliphatic carbocycles. The van der Waals surface area contributed by atoms with E-state index in [-0.39, 0.29) is 11.3 Å². The van der Waals surface area contributed by atoms with Crippen LogP contribution in [0.3, 0.4) is 0 Å². The SMILES string of the molecule is CN(C)CCCN1CC(C)(C)NCCS1(=O)=O. The van der Waals surface area contributed by atoms with Crippen LogP contribution in [0.4, 0.5) is 0 Å². The first-order valence-corrected chi connectivity index (χ1v) is 7.71. The molecule has 0 aromatic rings. The fourth-order valence-electron chi connectivity index (χ4n) is 2.02. The molecule has 1 saturated heterocycles. The second kappa shape index (κ2) is 5.65. The summed E-state index contributed by atoms with van der Waals surface area (Å²) in [6.07, 6.45) is 0.877. The molecule has 0 aromatic carbocycles. The second-order valence-electron chi connectivity index (χ2n) is 5.62. The molecule has 0 aromatic heterocycles. The van der Waals surface area contributed by atoms with Crippen molar-refractivity contribution >= 4 is 10.0 Å². The maximum absolute atomic E-state index is 12.0. The molecular weight excluding hydrogens is 238 g/mol. The van der Waals surface area contributed by atoms with E-state index in [1.54, 1.807) is 4.31 Å². The van der Waals surface area contributed by atoms with Crippen molar-refractivity contribution in [2.45, 2.75) is 25.8 Å². The molecule has 1 fully saturated rings. The molecular formula is C11H25N3O2S. The van der Waals surface area contributed by atoms with Crippen LogP contribution in [0.1, 0.15) is 20.3 Å². The molecule has 1 aliphatic rings. The Kier molecular flexibility index (Phi) is 4.95. The molecule has 0 bridgehead atoms. The van der Waals surface area contributed by atoms with Gasteiger partial charge >= 0.3 is 0 Å². The molecule has 0 radical (unpaired) electrons. The van der Waals surface area contributed by atoms with E-state index in [9.17, 15) is 8.42 Å². The van der Waals surface area contributed by atoms with Gasteiger partial charge in [-0.1, -0.05) is 0 Å². The normalized spacial score (nSPS) is 24.8. The van der Waals surface area contributed by atoms with Gasteiger partial charge < -0.3 is 10.2 Å². The summed E-state index contributed by atoms with van der Waals surface area (Å²) in [7, 11) is 0.928. The highest BCUT2D eigenvalue weighted by Crippen LogP contribution is 2.14. The maximum atomic E-state index is 12.0. The molecule has 1 aliphatic heterocycles. The highest BCUT2D eigenvalue weighted by molar-refractivity contribution is 7.89. The van der Waals surface area contributed by atoms with E-state index >= 15 is 0 Å². The number of hydrogen-bond donors (Lipinski definition) is 1. The van der Waals surface area contributed by atoms with Gasteiger partial charge in [-0.15, -0.1) is 0 Å². The van der Waals surface area contributed by atoms with Gasteiger partial charge in [-0.05, 0) is 40.9 Å². The largest absolute Gasteiger partial charge is 0.309 e. The summed E-state index contributed by atoms with van der Waals surface area (Å²) in [6, 6.07) is 0. The molecule has 17 heavy (non-hydrogen) atoms. The lowest BCUT2D eigenvalue weighted by Crippen LogP contribution is -2.47. The third kappa shape index (κ3) is 4.91. The van der Waals surface area contributed by atoms with Crippen LogP contribution in [0.15, 0.2) is 0 Å². The van der Waals surface area contributed by atoms with Gasteiger partial charge in [0, 0.05) is 25.2 Å². The van der Waals surface area contributed by atoms with E-state index in [0.29, 0.717) is 19.6 Å². The Morgan fingerprint density at radius 2 is 2.00 bits per heavy atom. The van der Waals surface area contributed by atoms with E-state index in [0.717, 1.165) is 13.0 Å². The minimum Gasteiger partial charge on any atom is -0.309 e. The van der Waals surface area contributed by atoms with Gasteiger partial charge in [0.1, 0.15) is 0 Å². The standard InChI is InChI=1S/C11H25N3O2S/c1-11(2)10-14(8-5-7-13(3)4)17(15,16)9-6-12-11/h12H,5-10H2,1-4H3. The van der Waals surface area contributed by atoms with E-state index in [1.807, 2.05) is 27.9 Å². The molecule has 0 unspecified atom stereocenters. The van der Waals surface area contributed by atoms with Gasteiger partial charge in [-0.25, -0.2) is 12.7 Å². The topological polar surface area (TPSA) is 52.6 Å². The number of sulfonamides is 1. The summed E-state index contributed by atoms with van der Waals surface area (Å²) < 4.78 is 25.7. The molecule has 0 saturated carbocycles. The molecule has 6 heteroatoms. The Morgan fingerprint density at radius 1 is 1.35 bits per heavy atom. The Morgan fingerprint density at radius 3 is 2.59 bits per heavy atom. The molecule has 5 nitrogen and oxygen atoms in total. The average Bonchev–Trinajstić information content (AvgIpc) is 2.23. The van der Waals surface area contributed by atoms with Gasteiger partial charge in [0.15, 0.2) is 0 Å². The highest BCUT2D eigenvalue weighted by Gasteiger charge is 2.32. The minimum absolute atomic E-state index is 0.137. The van der Waals surface area contributed by atoms with Crippen LogP contribution in [-0.2, 0) is 10.0 Å². The third-order valence-electron chi connectivity index (χ3n) is 2.94. The number of nitrogens with zero attached hydrogens (tertiary/aromatic N) is 2. The highest BCUT2D eigenvalue weighted by atomic mass is 32.2. The summed E-state index contributed by atoms with van der Waals surface area (Å²) in [5.41, 5.74) is -0.137. The lowest BCUT2D eigenvalue weighted by Gasteiger charge is -2.29. The van der Waals surface area contributed by atoms with Crippen molar-refractivity contribution in [2.75, 3.05) is 46.0 Å². The summed E-state index contributed by atoms with van der Waals surface area (Å²) in [6.45, 7) is 6.73. The van der Waals surface area contributed by atoms with Crippen LogP contribution in [0.5, 0.6) is 0 Å². The quantitative estimate of drug-likeness (QED) is 0.773. The van der Waals surface area contributed by atoms with Gasteiger partial charge in [0.25, 0.3) is 0 Å². The van der Waals surface area contributed by atoms with Gasteiger partial charge in [0.2, 0.25) is 10.0 Å². The molecule has 1 rings (SSSR count). The maximum Gasteiger partial charge on any atom is 0.215 e. The Bertz CT molecular complexity index is 339. The summed E-state index contributed by atoms with van der Waals surface area (Å²) in [5.74, 6) is 0.207. The van der Waals surface area contributed by atoms with Crippen molar-refractivity contribution in [2.24, 2.45) is 0 Å². The first-order chi connectivity index (χ1) is 7.73. The molecule has 1 N–H and O–H groups in total. The predicted molar refractivity (Wildman–Crippen MR) is 70.6 cm³/mol. The second-order valence-corrected chi connectivity index (χ2v) is 7.71. The average molecular weight is 263 g/mol. The van der Waals surface area contributed by atoms with E-state index in [1.165, 1.54) is 0 Å². The lowest BCUT2D eigenvalue weighted by atomic mass is 10.1. The van der Waals surface area contributed by atoms with Crippen LogP contribution < -0.4 is 5.32 Å². The molecule has 0 atom stereocenters. The Labute approximate surface area is 105 Å². The fraction of sp³-hybridized carbons (Fsp3) is 1.00. The summed E-state index contributed by atoms with van der Waals surface area (Å²) in [4.78, 5) is 2.08. The smallest absolute Gasteiger partial charge is 0.215 e. The van der Waals surface area contributed by atoms with Gasteiger partial charge in [-0.2, -0.15) is 0 Å². The number of rotatable bonds is 4. The minimum atomic E-state index is -3.08. The van der Waals surface area contributed by atoms with Gasteiger partial charge in [-0.3, -0.25) is 0 Å². The van der Waals surface area contributed by atoms with E-state index < -0.39 is 10.0 Å². The fourth-order valence-corrected chi connectivity index (χ4v) is 3.57. The first kappa shape index (κ1) is 14.9. The predicted octanol–water partition coefficient (Wildman–Crippen LogP) is -0.0483. The summed E-state index contributed by atoms with van der Waals surface area (Å²) in [5, 5.41) is 3.27. The number of hydrogen-bond acceptors (Lipinski definition) is 4.